The van der Waals surface area contributed by atoms with Gasteiger partial charge in [0, 0.05) is 12.5 Å². The predicted molar refractivity (Wildman–Crippen MR) is 76.3 cm³/mol. The molecule has 0 aliphatic carbocycles. The van der Waals surface area contributed by atoms with Crippen LogP contribution < -0.4 is 20.5 Å². The van der Waals surface area contributed by atoms with Crippen molar-refractivity contribution in [1.82, 2.24) is 10.9 Å². The summed E-state index contributed by atoms with van der Waals surface area (Å²) in [6.45, 7) is 2.16. The largest absolute Gasteiger partial charge is 0.482 e. The molecule has 2 rings (SSSR count). The summed E-state index contributed by atoms with van der Waals surface area (Å²) in [5.41, 5.74) is 5.08. The Morgan fingerprint density at radius 1 is 1.23 bits per heavy atom. The van der Waals surface area contributed by atoms with E-state index in [0.717, 1.165) is 0 Å². The highest BCUT2D eigenvalue weighted by Crippen LogP contribution is 2.32. The summed E-state index contributed by atoms with van der Waals surface area (Å²) in [6, 6.07) is 4.67. The molecule has 8 heteroatoms. The first-order valence-corrected chi connectivity index (χ1v) is 6.52. The number of hydrogen-bond donors (Lipinski definition) is 2. The molecule has 8 nitrogen and oxygen atoms in total. The Balaban J connectivity index is 2.23. The van der Waals surface area contributed by atoms with E-state index < -0.39 is 17.7 Å². The van der Waals surface area contributed by atoms with Crippen LogP contribution in [0, 0.1) is 0 Å². The molecule has 0 saturated carbocycles. The molecular weight excluding hydrogens is 290 g/mol. The average molecular weight is 305 g/mol. The van der Waals surface area contributed by atoms with Gasteiger partial charge in [0.1, 0.15) is 12.3 Å². The van der Waals surface area contributed by atoms with Crippen molar-refractivity contribution in [3.63, 3.8) is 0 Å². The van der Waals surface area contributed by atoms with Gasteiger partial charge in [0.2, 0.25) is 5.91 Å². The quantitative estimate of drug-likeness (QED) is 0.593. The number of nitrogens with zero attached hydrogens (tertiary/aromatic N) is 1. The molecule has 1 aromatic carbocycles. The van der Waals surface area contributed by atoms with Crippen LogP contribution in [0.25, 0.3) is 0 Å². The molecular formula is C14H15N3O5. The van der Waals surface area contributed by atoms with Crippen molar-refractivity contribution < 1.29 is 23.9 Å². The lowest BCUT2D eigenvalue weighted by Crippen LogP contribution is -2.49. The van der Waals surface area contributed by atoms with E-state index in [1.807, 2.05) is 0 Å². The maximum Gasteiger partial charge on any atom is 0.265 e. The molecule has 0 radical (unpaired) electrons. The van der Waals surface area contributed by atoms with Crippen LogP contribution in [0.2, 0.25) is 0 Å². The molecule has 1 aliphatic rings. The van der Waals surface area contributed by atoms with Crippen molar-refractivity contribution in [2.24, 2.45) is 0 Å². The smallest absolute Gasteiger partial charge is 0.265 e. The van der Waals surface area contributed by atoms with E-state index in [-0.39, 0.29) is 18.9 Å². The van der Waals surface area contributed by atoms with E-state index in [1.165, 1.54) is 24.8 Å². The number of ketones is 1. The predicted octanol–water partition coefficient (Wildman–Crippen LogP) is -0.218. The minimum Gasteiger partial charge on any atom is -0.482 e. The van der Waals surface area contributed by atoms with Gasteiger partial charge in [-0.2, -0.15) is 0 Å². The Bertz CT molecular complexity index is 656. The van der Waals surface area contributed by atoms with Crippen molar-refractivity contribution in [2.75, 3.05) is 18.1 Å². The maximum absolute atomic E-state index is 12.0. The zero-order chi connectivity index (χ0) is 16.3. The molecule has 0 bridgehead atoms. The zero-order valence-electron chi connectivity index (χ0n) is 12.1. The van der Waals surface area contributed by atoms with E-state index in [9.17, 15) is 19.2 Å². The number of hydrogen-bond acceptors (Lipinski definition) is 5. The van der Waals surface area contributed by atoms with Gasteiger partial charge in [-0.25, -0.2) is 0 Å². The fourth-order valence-electron chi connectivity index (χ4n) is 1.94. The lowest BCUT2D eigenvalue weighted by molar-refractivity contribution is -0.128. The topological polar surface area (TPSA) is 105 Å². The molecule has 116 valence electrons. The SMILES string of the molecule is CC(=O)NNC(=O)CN1C(=O)COc2ccc(C(C)=O)cc21. The summed E-state index contributed by atoms with van der Waals surface area (Å²) >= 11 is 0. The van der Waals surface area contributed by atoms with Gasteiger partial charge in [-0.05, 0) is 25.1 Å². The lowest BCUT2D eigenvalue weighted by Gasteiger charge is -2.29. The van der Waals surface area contributed by atoms with Gasteiger partial charge in [0.15, 0.2) is 12.4 Å². The third-order valence-electron chi connectivity index (χ3n) is 2.99. The summed E-state index contributed by atoms with van der Waals surface area (Å²) in [7, 11) is 0. The molecule has 2 N–H and O–H groups in total. The van der Waals surface area contributed by atoms with Crippen LogP contribution in [0.3, 0.4) is 0 Å². The minimum atomic E-state index is -0.565. The van der Waals surface area contributed by atoms with E-state index in [4.69, 9.17) is 4.74 Å². The molecule has 1 heterocycles. The Morgan fingerprint density at radius 2 is 1.95 bits per heavy atom. The van der Waals surface area contributed by atoms with Crippen molar-refractivity contribution in [3.05, 3.63) is 23.8 Å². The highest BCUT2D eigenvalue weighted by molar-refractivity contribution is 6.04. The molecule has 22 heavy (non-hydrogen) atoms. The summed E-state index contributed by atoms with van der Waals surface area (Å²) < 4.78 is 5.28. The summed E-state index contributed by atoms with van der Waals surface area (Å²) in [4.78, 5) is 47.1. The second-order valence-corrected chi connectivity index (χ2v) is 4.74. The molecule has 0 atom stereocenters. The molecule has 0 aromatic heterocycles. The monoisotopic (exact) mass is 305 g/mol. The Hall–Kier alpha value is -2.90. The first kappa shape index (κ1) is 15.5. The fourth-order valence-corrected chi connectivity index (χ4v) is 1.94. The second kappa shape index (κ2) is 6.25. The first-order valence-electron chi connectivity index (χ1n) is 6.52. The number of carbonyl (C=O) groups is 4. The molecule has 3 amide bonds. The molecule has 1 aliphatic heterocycles. The first-order chi connectivity index (χ1) is 10.4. The fraction of sp³-hybridized carbons (Fsp3) is 0.286. The highest BCUT2D eigenvalue weighted by Gasteiger charge is 2.28. The van der Waals surface area contributed by atoms with Gasteiger partial charge < -0.3 is 4.74 Å². The van der Waals surface area contributed by atoms with Crippen LogP contribution in [0.5, 0.6) is 5.75 Å². The number of hydrazine groups is 1. The van der Waals surface area contributed by atoms with E-state index in [1.54, 1.807) is 12.1 Å². The van der Waals surface area contributed by atoms with Crippen molar-refractivity contribution in [1.29, 1.82) is 0 Å². The summed E-state index contributed by atoms with van der Waals surface area (Å²) in [6.07, 6.45) is 0. The average Bonchev–Trinajstić information content (AvgIpc) is 2.47. The van der Waals surface area contributed by atoms with Gasteiger partial charge in [-0.3, -0.25) is 34.9 Å². The highest BCUT2D eigenvalue weighted by atomic mass is 16.5. The Labute approximate surface area is 126 Å². The normalized spacial score (nSPS) is 13.0. The third kappa shape index (κ3) is 3.40. The maximum atomic E-state index is 12.0. The van der Waals surface area contributed by atoms with Crippen LogP contribution in [0.1, 0.15) is 24.2 Å². The van der Waals surface area contributed by atoms with Gasteiger partial charge >= 0.3 is 0 Å². The molecule has 0 saturated heterocycles. The molecule has 0 fully saturated rings. The van der Waals surface area contributed by atoms with Crippen LogP contribution in [0.4, 0.5) is 5.69 Å². The number of Topliss-reactive ketones (excluding diaryl/α,β-unsaturated/α-hetero) is 1. The number of amides is 3. The second-order valence-electron chi connectivity index (χ2n) is 4.74. The third-order valence-corrected chi connectivity index (χ3v) is 2.99. The van der Waals surface area contributed by atoms with Crippen LogP contribution in [-0.4, -0.2) is 36.7 Å². The van der Waals surface area contributed by atoms with Crippen LogP contribution in [-0.2, 0) is 14.4 Å². The van der Waals surface area contributed by atoms with E-state index in [2.05, 4.69) is 10.9 Å². The number of carbonyl (C=O) groups excluding carboxylic acids is 4. The number of benzene rings is 1. The van der Waals surface area contributed by atoms with E-state index in [0.29, 0.717) is 17.0 Å². The molecule has 0 spiro atoms. The number of rotatable bonds is 3. The van der Waals surface area contributed by atoms with E-state index >= 15 is 0 Å². The number of nitrogens with one attached hydrogen (secondary N) is 2. The van der Waals surface area contributed by atoms with Crippen LogP contribution in [0.15, 0.2) is 18.2 Å². The Morgan fingerprint density at radius 3 is 2.59 bits per heavy atom. The van der Waals surface area contributed by atoms with Gasteiger partial charge in [-0.1, -0.05) is 0 Å². The van der Waals surface area contributed by atoms with Crippen LogP contribution >= 0.6 is 0 Å². The number of fused-ring (bicyclic) bond motifs is 1. The lowest BCUT2D eigenvalue weighted by atomic mass is 10.1. The molecule has 1 aromatic rings. The van der Waals surface area contributed by atoms with Crippen molar-refractivity contribution >= 4 is 29.2 Å². The summed E-state index contributed by atoms with van der Waals surface area (Å²) in [5.74, 6) is -1.16. The van der Waals surface area contributed by atoms with Crippen molar-refractivity contribution in [3.8, 4) is 5.75 Å². The standard InChI is InChI=1S/C14H15N3O5/c1-8(18)10-3-4-12-11(5-10)17(14(21)7-22-12)6-13(20)16-15-9(2)19/h3-5H,6-7H2,1-2H3,(H,15,19)(H,16,20). The minimum absolute atomic E-state index is 0.163. The van der Waals surface area contributed by atoms with Gasteiger partial charge in [0.05, 0.1) is 5.69 Å². The summed E-state index contributed by atoms with van der Waals surface area (Å²) in [5, 5.41) is 0. The van der Waals surface area contributed by atoms with Gasteiger partial charge in [0.25, 0.3) is 11.8 Å². The molecule has 0 unspecified atom stereocenters. The zero-order valence-corrected chi connectivity index (χ0v) is 12.1. The van der Waals surface area contributed by atoms with Crippen molar-refractivity contribution in [2.45, 2.75) is 13.8 Å². The number of ether oxygens (including phenoxy) is 1. The van der Waals surface area contributed by atoms with Gasteiger partial charge in [-0.15, -0.1) is 0 Å². The Kier molecular flexibility index (Phi) is 4.40. The number of anilines is 1.